The molecule has 3 N–H and O–H groups in total. The van der Waals surface area contributed by atoms with E-state index in [9.17, 15) is 19.4 Å². The minimum atomic E-state index is -4.35. The summed E-state index contributed by atoms with van der Waals surface area (Å²) in [6, 6.07) is -0.884. The van der Waals surface area contributed by atoms with Gasteiger partial charge >= 0.3 is 7.82 Å². The molecule has 9 heteroatoms. The largest absolute Gasteiger partial charge is 0.472 e. The van der Waals surface area contributed by atoms with Crippen LogP contribution in [0.2, 0.25) is 0 Å². The van der Waals surface area contributed by atoms with Crippen LogP contribution in [0.25, 0.3) is 0 Å². The predicted octanol–water partition coefficient (Wildman–Crippen LogP) is 9.90. The quantitative estimate of drug-likeness (QED) is 0.0271. The Kier molecular flexibility index (Phi) is 31.0. The second kappa shape index (κ2) is 32.1. The monoisotopic (exact) mass is 710 g/mol. The minimum Gasteiger partial charge on any atom is -0.387 e. The molecule has 0 aromatic carbocycles. The van der Waals surface area contributed by atoms with E-state index < -0.39 is 20.0 Å². The van der Waals surface area contributed by atoms with E-state index in [2.05, 4.69) is 55.6 Å². The Bertz CT molecular complexity index is 986. The number of aliphatic hydroxyl groups excluding tert-OH is 1. The first-order valence-corrected chi connectivity index (χ1v) is 20.7. The predicted molar refractivity (Wildman–Crippen MR) is 207 cm³/mol. The van der Waals surface area contributed by atoms with Crippen molar-refractivity contribution in [3.8, 4) is 0 Å². The third kappa shape index (κ3) is 34.4. The number of phosphoric ester groups is 1. The van der Waals surface area contributed by atoms with Crippen LogP contribution in [0.4, 0.5) is 0 Å². The molecule has 0 saturated heterocycles. The molecule has 0 aliphatic carbocycles. The van der Waals surface area contributed by atoms with E-state index in [1.54, 1.807) is 6.08 Å². The van der Waals surface area contributed by atoms with Crippen molar-refractivity contribution in [3.05, 3.63) is 60.8 Å². The van der Waals surface area contributed by atoms with Gasteiger partial charge in [0.25, 0.3) is 0 Å². The highest BCUT2D eigenvalue weighted by Crippen LogP contribution is 2.43. The third-order valence-corrected chi connectivity index (χ3v) is 8.99. The maximum atomic E-state index is 12.7. The molecule has 3 unspecified atom stereocenters. The zero-order chi connectivity index (χ0) is 36.5. The average molecular weight is 710 g/mol. The number of hydrogen-bond donors (Lipinski definition) is 3. The van der Waals surface area contributed by atoms with Gasteiger partial charge in [0, 0.05) is 6.42 Å². The number of quaternary nitrogens is 1. The van der Waals surface area contributed by atoms with Gasteiger partial charge in [0.15, 0.2) is 0 Å². The molecule has 0 radical (unpaired) electrons. The van der Waals surface area contributed by atoms with Crippen molar-refractivity contribution >= 4 is 13.7 Å². The summed E-state index contributed by atoms with van der Waals surface area (Å²) in [5.74, 6) is -0.261. The van der Waals surface area contributed by atoms with Gasteiger partial charge in [-0.2, -0.15) is 0 Å². The smallest absolute Gasteiger partial charge is 0.387 e. The molecule has 0 aromatic rings. The van der Waals surface area contributed by atoms with E-state index in [1.807, 2.05) is 39.4 Å². The molecule has 0 aliphatic heterocycles. The first-order valence-electron chi connectivity index (χ1n) is 19.2. The van der Waals surface area contributed by atoms with E-state index in [0.29, 0.717) is 17.4 Å². The normalized spacial score (nSPS) is 15.3. The molecule has 0 fully saturated rings. The number of amides is 1. The molecule has 0 aromatic heterocycles. The molecule has 3 atom stereocenters. The standard InChI is InChI=1S/C40H73N2O6P/c1-6-8-10-12-14-16-18-20-22-23-25-27-29-31-33-39(43)38(37-48-49(45,46)47-36-35-42(3,4)5)41-40(44)34-32-30-28-26-24-21-19-17-15-13-11-9-7-2/h9,11,15,17,21,24,28,30-31,33,38-39,43H,6-8,10,12-14,16,18-20,22-23,25-27,29,32,34-37H2,1-5H3,(H-,41,44,45,46)/p+1/b11-9-,17-15-,24-21-,30-28-,33-31+. The summed E-state index contributed by atoms with van der Waals surface area (Å²) in [5, 5.41) is 13.7. The van der Waals surface area contributed by atoms with Crippen LogP contribution in [0, 0.1) is 0 Å². The Labute approximate surface area is 301 Å². The SMILES string of the molecule is CC/C=C\C/C=C\C/C=C\C/C=C\CCC(=O)NC(COP(=O)(O)OCC[N+](C)(C)C)C(O)/C=C/CCCCCCCCCCCCCC. The lowest BCUT2D eigenvalue weighted by Crippen LogP contribution is -2.45. The molecule has 0 aliphatic rings. The third-order valence-electron chi connectivity index (χ3n) is 8.01. The van der Waals surface area contributed by atoms with Gasteiger partial charge in [-0.3, -0.25) is 13.8 Å². The van der Waals surface area contributed by atoms with Crippen LogP contribution in [0.5, 0.6) is 0 Å². The highest BCUT2D eigenvalue weighted by molar-refractivity contribution is 7.47. The number of hydrogen-bond acceptors (Lipinski definition) is 5. The molecule has 49 heavy (non-hydrogen) atoms. The highest BCUT2D eigenvalue weighted by atomic mass is 31.2. The fraction of sp³-hybridized carbons (Fsp3) is 0.725. The average Bonchev–Trinajstić information content (AvgIpc) is 3.04. The van der Waals surface area contributed by atoms with Crippen LogP contribution < -0.4 is 5.32 Å². The first kappa shape index (κ1) is 47.2. The first-order chi connectivity index (χ1) is 23.5. The highest BCUT2D eigenvalue weighted by Gasteiger charge is 2.27. The van der Waals surface area contributed by atoms with Crippen molar-refractivity contribution in [1.29, 1.82) is 0 Å². The molecule has 0 bridgehead atoms. The Morgan fingerprint density at radius 1 is 0.714 bits per heavy atom. The zero-order valence-corrected chi connectivity index (χ0v) is 32.8. The zero-order valence-electron chi connectivity index (χ0n) is 31.9. The van der Waals surface area contributed by atoms with Crippen LogP contribution >= 0.6 is 7.82 Å². The maximum absolute atomic E-state index is 12.7. The number of rotatable bonds is 33. The minimum absolute atomic E-state index is 0.0463. The van der Waals surface area contributed by atoms with Crippen molar-refractivity contribution < 1.29 is 32.9 Å². The summed E-state index contributed by atoms with van der Waals surface area (Å²) in [5.41, 5.74) is 0. The lowest BCUT2D eigenvalue weighted by Gasteiger charge is -2.25. The topological polar surface area (TPSA) is 105 Å². The maximum Gasteiger partial charge on any atom is 0.472 e. The summed E-state index contributed by atoms with van der Waals surface area (Å²) in [7, 11) is 1.52. The summed E-state index contributed by atoms with van der Waals surface area (Å²) in [4.78, 5) is 22.9. The van der Waals surface area contributed by atoms with Gasteiger partial charge in [0.2, 0.25) is 5.91 Å². The van der Waals surface area contributed by atoms with E-state index in [0.717, 1.165) is 44.9 Å². The van der Waals surface area contributed by atoms with Gasteiger partial charge in [-0.05, 0) is 44.9 Å². The lowest BCUT2D eigenvalue weighted by molar-refractivity contribution is -0.870. The number of likely N-dealkylation sites (N-methyl/N-ethyl adjacent to an activating group) is 1. The van der Waals surface area contributed by atoms with Crippen molar-refractivity contribution in [3.63, 3.8) is 0 Å². The van der Waals surface area contributed by atoms with Gasteiger partial charge < -0.3 is 19.8 Å². The Morgan fingerprint density at radius 3 is 1.76 bits per heavy atom. The lowest BCUT2D eigenvalue weighted by atomic mass is 10.0. The molecule has 284 valence electrons. The fourth-order valence-corrected chi connectivity index (χ4v) is 5.67. The number of nitrogens with zero attached hydrogens (tertiary/aromatic N) is 1. The number of unbranched alkanes of at least 4 members (excludes halogenated alkanes) is 12. The van der Waals surface area contributed by atoms with Crippen LogP contribution in [-0.4, -0.2) is 73.4 Å². The Balaban J connectivity index is 4.67. The fourth-order valence-electron chi connectivity index (χ4n) is 4.93. The molecular weight excluding hydrogens is 635 g/mol. The Hall–Kier alpha value is -1.80. The number of allylic oxidation sites excluding steroid dienone is 9. The van der Waals surface area contributed by atoms with Gasteiger partial charge in [-0.15, -0.1) is 0 Å². The van der Waals surface area contributed by atoms with Gasteiger partial charge in [0.05, 0.1) is 39.9 Å². The molecule has 0 rings (SSSR count). The van der Waals surface area contributed by atoms with Gasteiger partial charge in [-0.1, -0.05) is 145 Å². The van der Waals surface area contributed by atoms with Crippen LogP contribution in [0.1, 0.15) is 136 Å². The van der Waals surface area contributed by atoms with E-state index >= 15 is 0 Å². The summed E-state index contributed by atoms with van der Waals surface area (Å²) in [6.07, 6.45) is 40.2. The summed E-state index contributed by atoms with van der Waals surface area (Å²) >= 11 is 0. The van der Waals surface area contributed by atoms with Crippen molar-refractivity contribution in [1.82, 2.24) is 5.32 Å². The second-order valence-corrected chi connectivity index (χ2v) is 15.4. The summed E-state index contributed by atoms with van der Waals surface area (Å²) < 4.78 is 23.4. The van der Waals surface area contributed by atoms with Gasteiger partial charge in [0.1, 0.15) is 13.2 Å². The number of carbonyl (C=O) groups excluding carboxylic acids is 1. The molecule has 8 nitrogen and oxygen atoms in total. The molecule has 0 saturated carbocycles. The van der Waals surface area contributed by atoms with E-state index in [1.165, 1.54) is 64.2 Å². The number of phosphoric acid groups is 1. The van der Waals surface area contributed by atoms with Crippen molar-refractivity contribution in [2.24, 2.45) is 0 Å². The van der Waals surface area contributed by atoms with E-state index in [4.69, 9.17) is 9.05 Å². The Morgan fingerprint density at radius 2 is 1.22 bits per heavy atom. The second-order valence-electron chi connectivity index (χ2n) is 13.9. The molecule has 1 amide bonds. The van der Waals surface area contributed by atoms with Crippen LogP contribution in [0.15, 0.2) is 60.8 Å². The molecule has 0 heterocycles. The summed E-state index contributed by atoms with van der Waals surface area (Å²) in [6.45, 7) is 4.60. The van der Waals surface area contributed by atoms with Crippen molar-refractivity contribution in [2.45, 2.75) is 148 Å². The van der Waals surface area contributed by atoms with Crippen LogP contribution in [0.3, 0.4) is 0 Å². The van der Waals surface area contributed by atoms with Gasteiger partial charge in [-0.25, -0.2) is 4.57 Å². The molecule has 0 spiro atoms. The van der Waals surface area contributed by atoms with E-state index in [-0.39, 0.29) is 25.5 Å². The molecular formula is C40H74N2O6P+. The number of aliphatic hydroxyl groups is 1. The number of carbonyl (C=O) groups is 1. The van der Waals surface area contributed by atoms with Crippen molar-refractivity contribution in [2.75, 3.05) is 40.9 Å². The number of nitrogens with one attached hydrogen (secondary N) is 1. The van der Waals surface area contributed by atoms with Crippen LogP contribution in [-0.2, 0) is 18.4 Å².